The molecule has 0 radical (unpaired) electrons. The lowest BCUT2D eigenvalue weighted by molar-refractivity contribution is -0.383. The Bertz CT molecular complexity index is 433. The quantitative estimate of drug-likeness (QED) is 0.232. The van der Waals surface area contributed by atoms with E-state index in [1.807, 2.05) is 0 Å². The smallest absolute Gasteiger partial charge is 0.194 e. The number of hydrogen-bond donors (Lipinski definition) is 8. The van der Waals surface area contributed by atoms with Gasteiger partial charge in [0.2, 0.25) is 0 Å². The molecular weight excluding hydrogens is 344 g/mol. The van der Waals surface area contributed by atoms with Crippen LogP contribution in [0.25, 0.3) is 0 Å². The fourth-order valence-corrected chi connectivity index (χ4v) is 3.00. The Morgan fingerprint density at radius 2 is 1.48 bits per heavy atom. The molecule has 0 aromatic heterocycles. The van der Waals surface area contributed by atoms with Gasteiger partial charge in [0.1, 0.15) is 48.8 Å². The van der Waals surface area contributed by atoms with Gasteiger partial charge in [0, 0.05) is 6.42 Å². The number of ether oxygens (including phenoxy) is 3. The van der Waals surface area contributed by atoms with Crippen molar-refractivity contribution in [2.45, 2.75) is 74.3 Å². The third-order valence-electron chi connectivity index (χ3n) is 4.67. The third-order valence-corrected chi connectivity index (χ3v) is 4.67. The molecule has 0 aromatic carbocycles. The minimum absolute atomic E-state index is 0.0749. The first-order chi connectivity index (χ1) is 11.7. The van der Waals surface area contributed by atoms with E-state index < -0.39 is 74.1 Å². The van der Waals surface area contributed by atoms with Gasteiger partial charge < -0.3 is 55.1 Å². The molecule has 2 fully saturated rings. The van der Waals surface area contributed by atoms with Crippen LogP contribution in [0, 0.1) is 0 Å². The topological polar surface area (TPSA) is 190 Å². The molecule has 8 N–H and O–H groups in total. The Balaban J connectivity index is 2.17. The van der Waals surface area contributed by atoms with Crippen LogP contribution < -0.4 is 0 Å². The minimum Gasteiger partial charge on any atom is -0.394 e. The van der Waals surface area contributed by atoms with Gasteiger partial charge in [-0.2, -0.15) is 0 Å². The van der Waals surface area contributed by atoms with Gasteiger partial charge in [-0.3, -0.25) is 0 Å². The highest BCUT2D eigenvalue weighted by atomic mass is 16.7. The van der Waals surface area contributed by atoms with E-state index in [0.29, 0.717) is 0 Å². The van der Waals surface area contributed by atoms with Gasteiger partial charge in [-0.25, -0.2) is 0 Å². The number of aliphatic hydroxyl groups excluding tert-OH is 7. The molecule has 2 rings (SSSR count). The second-order valence-electron chi connectivity index (χ2n) is 6.27. The summed E-state index contributed by atoms with van der Waals surface area (Å²) in [7, 11) is 0. The van der Waals surface area contributed by atoms with E-state index in [2.05, 4.69) is 0 Å². The van der Waals surface area contributed by atoms with Gasteiger partial charge in [-0.15, -0.1) is 0 Å². The summed E-state index contributed by atoms with van der Waals surface area (Å²) in [6, 6.07) is 0. The van der Waals surface area contributed by atoms with Crippen LogP contribution in [0.4, 0.5) is 0 Å². The van der Waals surface area contributed by atoms with Crippen molar-refractivity contribution >= 4 is 0 Å². The van der Waals surface area contributed by atoms with Gasteiger partial charge in [0.05, 0.1) is 13.2 Å². The van der Waals surface area contributed by atoms with Crippen LogP contribution in [0.3, 0.4) is 0 Å². The molecule has 11 heteroatoms. The zero-order chi connectivity index (χ0) is 18.9. The van der Waals surface area contributed by atoms with Crippen molar-refractivity contribution < 1.29 is 55.1 Å². The van der Waals surface area contributed by atoms with Crippen molar-refractivity contribution in [2.24, 2.45) is 0 Å². The van der Waals surface area contributed by atoms with Crippen LogP contribution in [0.5, 0.6) is 0 Å². The average molecular weight is 370 g/mol. The van der Waals surface area contributed by atoms with Crippen molar-refractivity contribution in [1.82, 2.24) is 0 Å². The molecule has 0 bridgehead atoms. The molecule has 1 unspecified atom stereocenters. The van der Waals surface area contributed by atoms with E-state index in [1.54, 1.807) is 0 Å². The summed E-state index contributed by atoms with van der Waals surface area (Å²) >= 11 is 0. The molecule has 11 nitrogen and oxygen atoms in total. The van der Waals surface area contributed by atoms with Crippen LogP contribution >= 0.6 is 0 Å². The van der Waals surface area contributed by atoms with Crippen molar-refractivity contribution in [3.63, 3.8) is 0 Å². The van der Waals surface area contributed by atoms with Crippen LogP contribution in [-0.4, -0.2) is 115 Å². The highest BCUT2D eigenvalue weighted by Crippen LogP contribution is 2.34. The van der Waals surface area contributed by atoms with Crippen LogP contribution in [0.15, 0.2) is 0 Å². The first-order valence-corrected chi connectivity index (χ1v) is 8.03. The zero-order valence-corrected chi connectivity index (χ0v) is 13.6. The van der Waals surface area contributed by atoms with Gasteiger partial charge >= 0.3 is 0 Å². The SMILES string of the molecule is CCC1(O)O[C@H](CO)[C@@H](O[C@@H]2O[C@H](CO)[C@H](O)[C@H](O)[C@H]2O)[C@H](O)[C@H]1O. The Morgan fingerprint density at radius 1 is 0.880 bits per heavy atom. The molecule has 10 atom stereocenters. The molecular formula is C14H26O11. The van der Waals surface area contributed by atoms with E-state index in [9.17, 15) is 35.7 Å². The Hall–Kier alpha value is -0.440. The largest absolute Gasteiger partial charge is 0.394 e. The van der Waals surface area contributed by atoms with Gasteiger partial charge in [-0.05, 0) is 0 Å². The Kier molecular flexibility index (Phi) is 6.73. The predicted octanol–water partition coefficient (Wildman–Crippen LogP) is -4.62. The van der Waals surface area contributed by atoms with Crippen molar-refractivity contribution in [1.29, 1.82) is 0 Å². The zero-order valence-electron chi connectivity index (χ0n) is 13.6. The highest BCUT2D eigenvalue weighted by Gasteiger charge is 2.54. The van der Waals surface area contributed by atoms with E-state index in [0.717, 1.165) is 0 Å². The highest BCUT2D eigenvalue weighted by molar-refractivity contribution is 4.97. The second kappa shape index (κ2) is 8.06. The molecule has 0 spiro atoms. The average Bonchev–Trinajstić information content (AvgIpc) is 2.61. The Labute approximate surface area is 143 Å². The van der Waals surface area contributed by atoms with Crippen LogP contribution in [0.1, 0.15) is 13.3 Å². The fourth-order valence-electron chi connectivity index (χ4n) is 3.00. The summed E-state index contributed by atoms with van der Waals surface area (Å²) in [5.41, 5.74) is 0. The normalized spacial score (nSPS) is 51.5. The third kappa shape index (κ3) is 3.82. The maximum Gasteiger partial charge on any atom is 0.194 e. The monoisotopic (exact) mass is 370 g/mol. The molecule has 25 heavy (non-hydrogen) atoms. The van der Waals surface area contributed by atoms with Crippen molar-refractivity contribution in [3.05, 3.63) is 0 Å². The maximum atomic E-state index is 10.2. The number of hydrogen-bond acceptors (Lipinski definition) is 11. The van der Waals surface area contributed by atoms with Gasteiger partial charge in [0.15, 0.2) is 12.1 Å². The predicted molar refractivity (Wildman–Crippen MR) is 77.9 cm³/mol. The molecule has 0 aliphatic carbocycles. The lowest BCUT2D eigenvalue weighted by atomic mass is 9.90. The summed E-state index contributed by atoms with van der Waals surface area (Å²) in [5.74, 6) is -2.10. The van der Waals surface area contributed by atoms with E-state index in [4.69, 9.17) is 19.3 Å². The van der Waals surface area contributed by atoms with E-state index in [1.165, 1.54) is 6.92 Å². The van der Waals surface area contributed by atoms with E-state index in [-0.39, 0.29) is 6.42 Å². The van der Waals surface area contributed by atoms with Crippen LogP contribution in [-0.2, 0) is 14.2 Å². The first-order valence-electron chi connectivity index (χ1n) is 8.03. The lowest BCUT2D eigenvalue weighted by Gasteiger charge is -2.48. The maximum absolute atomic E-state index is 10.2. The molecule has 148 valence electrons. The molecule has 0 saturated carbocycles. The second-order valence-corrected chi connectivity index (χ2v) is 6.27. The summed E-state index contributed by atoms with van der Waals surface area (Å²) in [4.78, 5) is 0. The molecule has 0 amide bonds. The number of rotatable bonds is 5. The molecule has 2 heterocycles. The minimum atomic E-state index is -2.10. The Morgan fingerprint density at radius 3 is 2.00 bits per heavy atom. The van der Waals surface area contributed by atoms with Crippen molar-refractivity contribution in [2.75, 3.05) is 13.2 Å². The number of aliphatic hydroxyl groups is 8. The van der Waals surface area contributed by atoms with Gasteiger partial charge in [-0.1, -0.05) is 6.92 Å². The summed E-state index contributed by atoms with van der Waals surface area (Å²) < 4.78 is 15.7. The first kappa shape index (κ1) is 20.9. The summed E-state index contributed by atoms with van der Waals surface area (Å²) in [5, 5.41) is 78.5. The standard InChI is InChI=1S/C14H26O11/c1-2-14(22)12(21)10(20)11(6(4-16)25-14)24-13-9(19)8(18)7(17)5(3-15)23-13/h5-13,15-22H,2-4H2,1H3/t5-,6-,7+,8+,9-,10+,11-,12-,13+,14?/m1/s1. The molecule has 2 aliphatic heterocycles. The van der Waals surface area contributed by atoms with Crippen LogP contribution in [0.2, 0.25) is 0 Å². The molecule has 0 aromatic rings. The summed E-state index contributed by atoms with van der Waals surface area (Å²) in [6.07, 6.45) is -14.1. The van der Waals surface area contributed by atoms with Crippen molar-refractivity contribution in [3.8, 4) is 0 Å². The fraction of sp³-hybridized carbons (Fsp3) is 1.00. The molecule has 2 aliphatic rings. The molecule has 2 saturated heterocycles. The van der Waals surface area contributed by atoms with E-state index >= 15 is 0 Å². The summed E-state index contributed by atoms with van der Waals surface area (Å²) in [6.45, 7) is 0.146. The lowest BCUT2D eigenvalue weighted by Crippen LogP contribution is -2.67. The van der Waals surface area contributed by atoms with Gasteiger partial charge in [0.25, 0.3) is 0 Å².